The van der Waals surface area contributed by atoms with E-state index in [4.69, 9.17) is 0 Å². The van der Waals surface area contributed by atoms with Crippen molar-refractivity contribution >= 4 is 5.69 Å². The first-order valence-corrected chi connectivity index (χ1v) is 8.53. The summed E-state index contributed by atoms with van der Waals surface area (Å²) < 4.78 is 0. The molecule has 1 heterocycles. The molecule has 0 aliphatic rings. The minimum atomic E-state index is -0.122. The number of aromatic nitrogens is 1. The van der Waals surface area contributed by atoms with Gasteiger partial charge in [0.05, 0.1) is 17.9 Å². The molecule has 0 atom stereocenters. The van der Waals surface area contributed by atoms with E-state index in [9.17, 15) is 5.11 Å². The monoisotopic (exact) mass is 326 g/mol. The Hall–Kier alpha value is -2.03. The van der Waals surface area contributed by atoms with Crippen molar-refractivity contribution in [2.24, 2.45) is 0 Å². The van der Waals surface area contributed by atoms with Crippen molar-refractivity contribution in [3.05, 3.63) is 52.8 Å². The second kappa shape index (κ2) is 6.46. The number of anilines is 1. The number of aromatic hydroxyl groups is 1. The lowest BCUT2D eigenvalue weighted by molar-refractivity contribution is 0.446. The highest BCUT2D eigenvalue weighted by atomic mass is 16.3. The molecule has 0 fully saturated rings. The van der Waals surface area contributed by atoms with Crippen LogP contribution in [0.1, 0.15) is 64.1 Å². The number of aryl methyl sites for hydroxylation is 1. The summed E-state index contributed by atoms with van der Waals surface area (Å²) in [5.74, 6) is 0.336. The molecule has 130 valence electrons. The summed E-state index contributed by atoms with van der Waals surface area (Å²) >= 11 is 0. The van der Waals surface area contributed by atoms with E-state index in [1.54, 1.807) is 0 Å². The van der Waals surface area contributed by atoms with Crippen LogP contribution in [0.15, 0.2) is 30.3 Å². The average molecular weight is 326 g/mol. The molecule has 0 bridgehead atoms. The van der Waals surface area contributed by atoms with Gasteiger partial charge in [0.1, 0.15) is 5.75 Å². The van der Waals surface area contributed by atoms with Gasteiger partial charge < -0.3 is 10.4 Å². The molecule has 0 aliphatic heterocycles. The molecular weight excluding hydrogens is 296 g/mol. The third-order valence-corrected chi connectivity index (χ3v) is 4.19. The maximum Gasteiger partial charge on any atom is 0.142 e. The normalized spacial score (nSPS) is 12.3. The number of nitrogens with zero attached hydrogens (tertiary/aromatic N) is 1. The van der Waals surface area contributed by atoms with Gasteiger partial charge in [-0.2, -0.15) is 0 Å². The number of pyridine rings is 1. The van der Waals surface area contributed by atoms with E-state index in [0.29, 0.717) is 12.3 Å². The zero-order valence-electron chi connectivity index (χ0n) is 16.0. The van der Waals surface area contributed by atoms with Crippen LogP contribution in [-0.2, 0) is 17.4 Å². The molecule has 3 nitrogen and oxygen atoms in total. The zero-order chi connectivity index (χ0) is 18.1. The van der Waals surface area contributed by atoms with Gasteiger partial charge in [0, 0.05) is 11.3 Å². The number of hydrogen-bond donors (Lipinski definition) is 2. The highest BCUT2D eigenvalue weighted by Crippen LogP contribution is 2.40. The molecule has 2 rings (SSSR count). The molecule has 0 spiro atoms. The minimum absolute atomic E-state index is 0.0196. The summed E-state index contributed by atoms with van der Waals surface area (Å²) in [6.45, 7) is 15.5. The minimum Gasteiger partial charge on any atom is -0.505 e. The van der Waals surface area contributed by atoms with Gasteiger partial charge in [0.25, 0.3) is 0 Å². The van der Waals surface area contributed by atoms with E-state index in [1.807, 2.05) is 25.1 Å². The smallest absolute Gasteiger partial charge is 0.142 e. The lowest BCUT2D eigenvalue weighted by atomic mass is 9.79. The van der Waals surface area contributed by atoms with Gasteiger partial charge in [0.2, 0.25) is 0 Å². The summed E-state index contributed by atoms with van der Waals surface area (Å²) in [5.41, 5.74) is 4.81. The quantitative estimate of drug-likeness (QED) is 0.752. The summed E-state index contributed by atoms with van der Waals surface area (Å²) in [6, 6.07) is 10.2. The predicted molar refractivity (Wildman–Crippen MR) is 102 cm³/mol. The van der Waals surface area contributed by atoms with Gasteiger partial charge in [-0.1, -0.05) is 53.7 Å². The first-order valence-electron chi connectivity index (χ1n) is 8.53. The number of rotatable bonds is 3. The second-order valence-corrected chi connectivity index (χ2v) is 8.54. The van der Waals surface area contributed by atoms with Crippen molar-refractivity contribution < 1.29 is 5.11 Å². The van der Waals surface area contributed by atoms with Crippen molar-refractivity contribution in [1.82, 2.24) is 4.98 Å². The molecular formula is C21H30N2O. The van der Waals surface area contributed by atoms with Crippen LogP contribution in [0.4, 0.5) is 5.69 Å². The fraction of sp³-hybridized carbons (Fsp3) is 0.476. The third kappa shape index (κ3) is 4.28. The van der Waals surface area contributed by atoms with Gasteiger partial charge in [-0.05, 0) is 41.5 Å². The van der Waals surface area contributed by atoms with Gasteiger partial charge in [-0.15, -0.1) is 0 Å². The lowest BCUT2D eigenvalue weighted by Gasteiger charge is -2.27. The summed E-state index contributed by atoms with van der Waals surface area (Å²) in [6.07, 6.45) is 0. The van der Waals surface area contributed by atoms with Crippen LogP contribution in [0.5, 0.6) is 5.75 Å². The van der Waals surface area contributed by atoms with E-state index in [-0.39, 0.29) is 10.8 Å². The van der Waals surface area contributed by atoms with Crippen molar-refractivity contribution in [2.75, 3.05) is 5.32 Å². The Morgan fingerprint density at radius 2 is 1.67 bits per heavy atom. The number of nitrogens with one attached hydrogen (secondary N) is 1. The van der Waals surface area contributed by atoms with Crippen LogP contribution in [0.25, 0.3) is 0 Å². The summed E-state index contributed by atoms with van der Waals surface area (Å²) in [4.78, 5) is 4.52. The van der Waals surface area contributed by atoms with Crippen molar-refractivity contribution in [1.29, 1.82) is 0 Å². The maximum absolute atomic E-state index is 10.8. The van der Waals surface area contributed by atoms with Crippen LogP contribution in [-0.4, -0.2) is 10.1 Å². The Morgan fingerprint density at radius 3 is 2.21 bits per heavy atom. The van der Waals surface area contributed by atoms with E-state index >= 15 is 0 Å². The number of hydrogen-bond acceptors (Lipinski definition) is 3. The van der Waals surface area contributed by atoms with Crippen LogP contribution < -0.4 is 5.32 Å². The fourth-order valence-electron chi connectivity index (χ4n) is 2.66. The number of phenols is 1. The highest BCUT2D eigenvalue weighted by Gasteiger charge is 2.24. The SMILES string of the molecule is Cc1cccc(CNc2cc(C(C)(C)C)cc(C(C)(C)C)c2O)n1. The molecule has 24 heavy (non-hydrogen) atoms. The molecule has 2 N–H and O–H groups in total. The Kier molecular flexibility index (Phi) is 4.93. The van der Waals surface area contributed by atoms with Gasteiger partial charge in [-0.3, -0.25) is 4.98 Å². The Balaban J connectivity index is 2.41. The molecule has 0 aliphatic carbocycles. The molecule has 1 aromatic carbocycles. The van der Waals surface area contributed by atoms with Crippen molar-refractivity contribution in [3.63, 3.8) is 0 Å². The molecule has 0 amide bonds. The lowest BCUT2D eigenvalue weighted by Crippen LogP contribution is -2.17. The molecule has 1 aromatic heterocycles. The average Bonchev–Trinajstić information content (AvgIpc) is 2.43. The second-order valence-electron chi connectivity index (χ2n) is 8.54. The molecule has 0 radical (unpaired) electrons. The molecule has 0 unspecified atom stereocenters. The molecule has 0 saturated carbocycles. The van der Waals surface area contributed by atoms with E-state index in [1.165, 1.54) is 5.56 Å². The Morgan fingerprint density at radius 1 is 1.00 bits per heavy atom. The zero-order valence-corrected chi connectivity index (χ0v) is 16.0. The first kappa shape index (κ1) is 18.3. The topological polar surface area (TPSA) is 45.1 Å². The molecule has 3 heteroatoms. The standard InChI is InChI=1S/C21H30N2O/c1-14-9-8-10-16(23-14)13-22-18-12-15(20(2,3)4)11-17(19(18)24)21(5,6)7/h8-12,22,24H,13H2,1-7H3. The van der Waals surface area contributed by atoms with Crippen LogP contribution in [0.3, 0.4) is 0 Å². The third-order valence-electron chi connectivity index (χ3n) is 4.19. The number of benzene rings is 1. The fourth-order valence-corrected chi connectivity index (χ4v) is 2.66. The van der Waals surface area contributed by atoms with Crippen molar-refractivity contribution in [3.8, 4) is 5.75 Å². The van der Waals surface area contributed by atoms with Crippen LogP contribution >= 0.6 is 0 Å². The highest BCUT2D eigenvalue weighted by molar-refractivity contribution is 5.63. The maximum atomic E-state index is 10.8. The first-order chi connectivity index (χ1) is 11.0. The molecule has 0 saturated heterocycles. The number of phenolic OH excluding ortho intramolecular Hbond substituents is 1. The summed E-state index contributed by atoms with van der Waals surface area (Å²) in [7, 11) is 0. The van der Waals surface area contributed by atoms with Crippen LogP contribution in [0.2, 0.25) is 0 Å². The summed E-state index contributed by atoms with van der Waals surface area (Å²) in [5, 5.41) is 14.1. The molecule has 2 aromatic rings. The van der Waals surface area contributed by atoms with E-state index in [0.717, 1.165) is 22.6 Å². The largest absolute Gasteiger partial charge is 0.505 e. The predicted octanol–water partition coefficient (Wildman–Crippen LogP) is 5.30. The van der Waals surface area contributed by atoms with E-state index in [2.05, 4.69) is 64.0 Å². The van der Waals surface area contributed by atoms with Gasteiger partial charge in [-0.25, -0.2) is 0 Å². The van der Waals surface area contributed by atoms with Crippen molar-refractivity contribution in [2.45, 2.75) is 65.8 Å². The van der Waals surface area contributed by atoms with Crippen LogP contribution in [0, 0.1) is 6.92 Å². The van der Waals surface area contributed by atoms with Gasteiger partial charge in [0.15, 0.2) is 0 Å². The van der Waals surface area contributed by atoms with E-state index < -0.39 is 0 Å². The Labute approximate surface area is 146 Å². The van der Waals surface area contributed by atoms with Gasteiger partial charge >= 0.3 is 0 Å². The Bertz CT molecular complexity index is 722.